The Kier molecular flexibility index (Phi) is 82.1. The summed E-state index contributed by atoms with van der Waals surface area (Å²) in [6.07, 6.45) is 79.2. The number of carbonyl (C=O) groups excluding carboxylic acids is 4. The minimum atomic E-state index is -4.97. The number of phosphoric acid groups is 2. The Morgan fingerprint density at radius 3 is 0.645 bits per heavy atom. The van der Waals surface area contributed by atoms with Crippen molar-refractivity contribution in [1.29, 1.82) is 0 Å². The zero-order valence-corrected chi connectivity index (χ0v) is 74.2. The molecule has 0 aromatic heterocycles. The van der Waals surface area contributed by atoms with E-state index in [0.29, 0.717) is 25.7 Å². The molecule has 654 valence electrons. The maximum Gasteiger partial charge on any atom is 0.472 e. The van der Waals surface area contributed by atoms with E-state index in [4.69, 9.17) is 37.0 Å². The maximum absolute atomic E-state index is 13.2. The first-order valence-electron chi connectivity index (χ1n) is 47.2. The number of aliphatic hydroxyl groups excluding tert-OH is 1. The third-order valence-electron chi connectivity index (χ3n) is 21.9. The number of unbranched alkanes of at least 4 members (excludes halogenated alkanes) is 62. The molecule has 0 spiro atoms. The van der Waals surface area contributed by atoms with Gasteiger partial charge in [-0.1, -0.05) is 446 Å². The van der Waals surface area contributed by atoms with E-state index in [1.807, 2.05) is 0 Å². The Balaban J connectivity index is 5.23. The van der Waals surface area contributed by atoms with Crippen LogP contribution in [0.25, 0.3) is 0 Å². The fourth-order valence-electron chi connectivity index (χ4n) is 14.3. The molecule has 0 rings (SSSR count). The molecule has 0 aliphatic carbocycles. The number of phosphoric ester groups is 2. The van der Waals surface area contributed by atoms with Gasteiger partial charge in [0, 0.05) is 25.7 Å². The molecule has 0 amide bonds. The van der Waals surface area contributed by atoms with Gasteiger partial charge in [-0.05, 0) is 31.6 Å². The van der Waals surface area contributed by atoms with E-state index < -0.39 is 97.5 Å². The smallest absolute Gasteiger partial charge is 0.462 e. The van der Waals surface area contributed by atoms with E-state index in [1.54, 1.807) is 0 Å². The predicted molar refractivity (Wildman–Crippen MR) is 455 cm³/mol. The van der Waals surface area contributed by atoms with Crippen LogP contribution in [-0.2, 0) is 65.4 Å². The molecule has 0 saturated heterocycles. The standard InChI is InChI=1S/C91H178O17P2/c1-6-10-13-16-19-22-25-27-29-31-33-35-37-39-41-46-51-56-61-66-71-76-90(95)108-87(81-102-89(94)75-70-65-60-55-50-45-40-38-36-34-32-30-28-26-23-20-17-14-11-7-2)83-106-110(99,100)104-79-85(92)78-103-109(97,98)105-82-86(80-101-88(93)74-69-64-59-54-48-24-21-18-15-12-8-3)107-91(96)77-72-67-62-57-52-47-43-42-44-49-53-58-63-68-73-84(5)9-4/h84-87,92H,6-83H2,1-5H3,(H,97,98)(H,99,100)/t84?,85-,86+,87+/m0/s1. The van der Waals surface area contributed by atoms with Gasteiger partial charge in [0.2, 0.25) is 0 Å². The lowest BCUT2D eigenvalue weighted by molar-refractivity contribution is -0.161. The predicted octanol–water partition coefficient (Wildman–Crippen LogP) is 28.3. The van der Waals surface area contributed by atoms with E-state index in [9.17, 15) is 43.2 Å². The molecule has 6 atom stereocenters. The van der Waals surface area contributed by atoms with Gasteiger partial charge in [0.05, 0.1) is 26.4 Å². The number of aliphatic hydroxyl groups is 1. The van der Waals surface area contributed by atoms with Gasteiger partial charge in [0.1, 0.15) is 19.3 Å². The van der Waals surface area contributed by atoms with Crippen molar-refractivity contribution < 1.29 is 80.2 Å². The van der Waals surface area contributed by atoms with Crippen LogP contribution in [0.5, 0.6) is 0 Å². The first-order chi connectivity index (χ1) is 53.6. The molecule has 3 N–H and O–H groups in total. The van der Waals surface area contributed by atoms with E-state index in [2.05, 4.69) is 34.6 Å². The number of rotatable bonds is 91. The summed E-state index contributed by atoms with van der Waals surface area (Å²) < 4.78 is 69.1. The first-order valence-corrected chi connectivity index (χ1v) is 50.2. The number of ether oxygens (including phenoxy) is 4. The molecule has 0 aliphatic rings. The van der Waals surface area contributed by atoms with Gasteiger partial charge in [-0.15, -0.1) is 0 Å². The Bertz CT molecular complexity index is 2080. The molecular weight excluding hydrogens is 1430 g/mol. The Morgan fingerprint density at radius 2 is 0.436 bits per heavy atom. The quantitative estimate of drug-likeness (QED) is 0.0222. The zero-order chi connectivity index (χ0) is 80.4. The van der Waals surface area contributed by atoms with Crippen LogP contribution in [0.3, 0.4) is 0 Å². The van der Waals surface area contributed by atoms with Gasteiger partial charge in [-0.3, -0.25) is 37.3 Å². The summed E-state index contributed by atoms with van der Waals surface area (Å²) >= 11 is 0. The lowest BCUT2D eigenvalue weighted by Crippen LogP contribution is -2.30. The van der Waals surface area contributed by atoms with Crippen LogP contribution < -0.4 is 0 Å². The summed E-state index contributed by atoms with van der Waals surface area (Å²) in [5.41, 5.74) is 0. The van der Waals surface area contributed by atoms with Crippen molar-refractivity contribution >= 4 is 39.5 Å². The maximum atomic E-state index is 13.2. The summed E-state index contributed by atoms with van der Waals surface area (Å²) in [4.78, 5) is 73.4. The number of esters is 4. The molecule has 0 heterocycles. The molecular formula is C91H178O17P2. The van der Waals surface area contributed by atoms with Crippen molar-refractivity contribution in [2.45, 2.75) is 515 Å². The van der Waals surface area contributed by atoms with Gasteiger partial charge in [-0.25, -0.2) is 9.13 Å². The van der Waals surface area contributed by atoms with Crippen LogP contribution >= 0.6 is 15.6 Å². The summed E-state index contributed by atoms with van der Waals surface area (Å²) in [7, 11) is -9.93. The molecule has 17 nitrogen and oxygen atoms in total. The summed E-state index contributed by atoms with van der Waals surface area (Å²) in [6, 6.07) is 0. The highest BCUT2D eigenvalue weighted by atomic mass is 31.2. The van der Waals surface area contributed by atoms with Crippen LogP contribution in [0.1, 0.15) is 497 Å². The molecule has 3 unspecified atom stereocenters. The highest BCUT2D eigenvalue weighted by molar-refractivity contribution is 7.47. The largest absolute Gasteiger partial charge is 0.472 e. The number of hydrogen-bond acceptors (Lipinski definition) is 15. The molecule has 0 saturated carbocycles. The lowest BCUT2D eigenvalue weighted by atomic mass is 9.99. The Morgan fingerprint density at radius 1 is 0.255 bits per heavy atom. The van der Waals surface area contributed by atoms with Gasteiger partial charge in [0.15, 0.2) is 12.2 Å². The first kappa shape index (κ1) is 108. The van der Waals surface area contributed by atoms with Crippen molar-refractivity contribution in [3.63, 3.8) is 0 Å². The van der Waals surface area contributed by atoms with Crippen molar-refractivity contribution in [3.8, 4) is 0 Å². The average Bonchev–Trinajstić information content (AvgIpc) is 0.898. The van der Waals surface area contributed by atoms with E-state index >= 15 is 0 Å². The van der Waals surface area contributed by atoms with Crippen molar-refractivity contribution in [3.05, 3.63) is 0 Å². The van der Waals surface area contributed by atoms with Gasteiger partial charge in [0.25, 0.3) is 0 Å². The van der Waals surface area contributed by atoms with Crippen molar-refractivity contribution in [2.75, 3.05) is 39.6 Å². The molecule has 0 fully saturated rings. The van der Waals surface area contributed by atoms with Gasteiger partial charge >= 0.3 is 39.5 Å². The van der Waals surface area contributed by atoms with E-state index in [-0.39, 0.29) is 25.7 Å². The fourth-order valence-corrected chi connectivity index (χ4v) is 15.9. The minimum absolute atomic E-state index is 0.109. The molecule has 0 aromatic rings. The van der Waals surface area contributed by atoms with Crippen LogP contribution in [-0.4, -0.2) is 96.7 Å². The minimum Gasteiger partial charge on any atom is -0.462 e. The van der Waals surface area contributed by atoms with Crippen LogP contribution in [0.2, 0.25) is 0 Å². The highest BCUT2D eigenvalue weighted by Crippen LogP contribution is 2.45. The second kappa shape index (κ2) is 83.5. The lowest BCUT2D eigenvalue weighted by Gasteiger charge is -2.21. The monoisotopic (exact) mass is 1610 g/mol. The molecule has 110 heavy (non-hydrogen) atoms. The van der Waals surface area contributed by atoms with Crippen LogP contribution in [0.4, 0.5) is 0 Å². The van der Waals surface area contributed by atoms with E-state index in [0.717, 1.165) is 95.8 Å². The molecule has 19 heteroatoms. The SMILES string of the molecule is CCCCCCCCCCCCCCCCCCCCCCCC(=O)O[C@H](COC(=O)CCCCCCCCCCCCCCCCCCCCCC)COP(=O)(O)OC[C@@H](O)COP(=O)(O)OC[C@@H](COC(=O)CCCCCCCCCCCCC)OC(=O)CCCCCCCCCCCCCCCCC(C)CC. The molecule has 0 aliphatic heterocycles. The molecule has 0 aromatic carbocycles. The second-order valence-corrected chi connectivity index (χ2v) is 35.8. The Labute approximate surface area is 677 Å². The van der Waals surface area contributed by atoms with Crippen LogP contribution in [0.15, 0.2) is 0 Å². The van der Waals surface area contributed by atoms with E-state index in [1.165, 1.54) is 321 Å². The molecule has 0 bridgehead atoms. The zero-order valence-electron chi connectivity index (χ0n) is 72.4. The number of hydrogen-bond donors (Lipinski definition) is 3. The van der Waals surface area contributed by atoms with Crippen LogP contribution in [0, 0.1) is 5.92 Å². The third-order valence-corrected chi connectivity index (χ3v) is 23.8. The third kappa shape index (κ3) is 82.6. The normalized spacial score (nSPS) is 13.9. The highest BCUT2D eigenvalue weighted by Gasteiger charge is 2.31. The van der Waals surface area contributed by atoms with Gasteiger partial charge in [-0.2, -0.15) is 0 Å². The fraction of sp³-hybridized carbons (Fsp3) is 0.956. The van der Waals surface area contributed by atoms with Gasteiger partial charge < -0.3 is 33.8 Å². The van der Waals surface area contributed by atoms with Crippen molar-refractivity contribution in [1.82, 2.24) is 0 Å². The summed E-state index contributed by atoms with van der Waals surface area (Å²) in [6.45, 7) is 7.44. The molecule has 0 radical (unpaired) electrons. The number of carbonyl (C=O) groups is 4. The average molecular weight is 1610 g/mol. The Hall–Kier alpha value is -1.94. The summed E-state index contributed by atoms with van der Waals surface area (Å²) in [5.74, 6) is -1.25. The summed E-state index contributed by atoms with van der Waals surface area (Å²) in [5, 5.41) is 10.7. The topological polar surface area (TPSA) is 237 Å². The second-order valence-electron chi connectivity index (χ2n) is 32.9. The van der Waals surface area contributed by atoms with Crippen molar-refractivity contribution in [2.24, 2.45) is 5.92 Å².